The number of carboxylic acids is 1. The molecule has 1 aromatic heterocycles. The number of halogens is 1. The molecular formula is C13H19FN2O3. The van der Waals surface area contributed by atoms with Crippen LogP contribution < -0.4 is 4.90 Å². The van der Waals surface area contributed by atoms with Gasteiger partial charge in [-0.15, -0.1) is 0 Å². The van der Waals surface area contributed by atoms with Gasteiger partial charge in [-0.2, -0.15) is 0 Å². The van der Waals surface area contributed by atoms with Crippen molar-refractivity contribution in [3.63, 3.8) is 0 Å². The molecular weight excluding hydrogens is 251 g/mol. The maximum Gasteiger partial charge on any atom is 0.339 e. The number of aromatic nitrogens is 1. The van der Waals surface area contributed by atoms with E-state index < -0.39 is 11.8 Å². The Labute approximate surface area is 112 Å². The maximum atomic E-state index is 13.1. The molecule has 106 valence electrons. The molecule has 1 N–H and O–H groups in total. The van der Waals surface area contributed by atoms with E-state index in [0.717, 1.165) is 18.7 Å². The van der Waals surface area contributed by atoms with Crippen molar-refractivity contribution in [2.75, 3.05) is 25.2 Å². The number of carboxylic acid groups (broad SMARTS) is 1. The van der Waals surface area contributed by atoms with E-state index in [4.69, 9.17) is 9.84 Å². The summed E-state index contributed by atoms with van der Waals surface area (Å²) >= 11 is 0. The molecule has 5 nitrogen and oxygen atoms in total. The van der Waals surface area contributed by atoms with Gasteiger partial charge in [-0.25, -0.2) is 14.2 Å². The summed E-state index contributed by atoms with van der Waals surface area (Å²) in [5, 5.41) is 9.15. The number of ether oxygens (including phenoxy) is 1. The fourth-order valence-electron chi connectivity index (χ4n) is 1.76. The van der Waals surface area contributed by atoms with Crippen LogP contribution in [0.3, 0.4) is 0 Å². The molecule has 1 heterocycles. The summed E-state index contributed by atoms with van der Waals surface area (Å²) in [5.41, 5.74) is -0.128. The average Bonchev–Trinajstić information content (AvgIpc) is 2.39. The Morgan fingerprint density at radius 1 is 1.63 bits per heavy atom. The number of nitrogens with zero attached hydrogens (tertiary/aromatic N) is 2. The van der Waals surface area contributed by atoms with Crippen molar-refractivity contribution in [3.05, 3.63) is 23.6 Å². The second kappa shape index (κ2) is 7.04. The molecule has 0 amide bonds. The van der Waals surface area contributed by atoms with Gasteiger partial charge in [0.25, 0.3) is 0 Å². The lowest BCUT2D eigenvalue weighted by Gasteiger charge is -2.30. The van der Waals surface area contributed by atoms with E-state index in [0.29, 0.717) is 13.2 Å². The van der Waals surface area contributed by atoms with Gasteiger partial charge >= 0.3 is 5.97 Å². The molecule has 0 bridgehead atoms. The van der Waals surface area contributed by atoms with Crippen LogP contribution in [-0.4, -0.2) is 42.4 Å². The van der Waals surface area contributed by atoms with Gasteiger partial charge in [-0.05, 0) is 19.4 Å². The highest BCUT2D eigenvalue weighted by atomic mass is 19.1. The van der Waals surface area contributed by atoms with Crippen molar-refractivity contribution in [1.82, 2.24) is 4.98 Å². The Morgan fingerprint density at radius 2 is 2.32 bits per heavy atom. The first kappa shape index (κ1) is 15.4. The third-order valence-corrected chi connectivity index (χ3v) is 2.99. The lowest BCUT2D eigenvalue weighted by Crippen LogP contribution is -2.37. The van der Waals surface area contributed by atoms with Gasteiger partial charge in [0, 0.05) is 19.7 Å². The number of methoxy groups -OCH3 is 1. The predicted molar refractivity (Wildman–Crippen MR) is 70.1 cm³/mol. The number of hydrogen-bond acceptors (Lipinski definition) is 4. The summed E-state index contributed by atoms with van der Waals surface area (Å²) in [4.78, 5) is 17.0. The second-order valence-corrected chi connectivity index (χ2v) is 4.27. The van der Waals surface area contributed by atoms with E-state index in [1.54, 1.807) is 7.11 Å². The third kappa shape index (κ3) is 3.89. The zero-order valence-corrected chi connectivity index (χ0v) is 11.4. The Kier molecular flexibility index (Phi) is 5.69. The monoisotopic (exact) mass is 270 g/mol. The number of rotatable bonds is 7. The molecule has 19 heavy (non-hydrogen) atoms. The molecule has 1 aromatic rings. The van der Waals surface area contributed by atoms with Crippen molar-refractivity contribution >= 4 is 11.8 Å². The fraction of sp³-hybridized carbons (Fsp3) is 0.538. The molecule has 1 atom stereocenters. The molecule has 0 fully saturated rings. The number of hydrogen-bond donors (Lipinski definition) is 1. The molecule has 6 heteroatoms. The molecule has 0 saturated heterocycles. The largest absolute Gasteiger partial charge is 0.478 e. The third-order valence-electron chi connectivity index (χ3n) is 2.99. The normalized spacial score (nSPS) is 12.2. The quantitative estimate of drug-likeness (QED) is 0.822. The van der Waals surface area contributed by atoms with E-state index in [2.05, 4.69) is 4.98 Å². The van der Waals surface area contributed by atoms with E-state index in [-0.39, 0.29) is 17.4 Å². The predicted octanol–water partition coefficient (Wildman–Crippen LogP) is 2.17. The van der Waals surface area contributed by atoms with E-state index >= 15 is 0 Å². The van der Waals surface area contributed by atoms with Crippen LogP contribution in [-0.2, 0) is 4.74 Å². The molecule has 0 aliphatic carbocycles. The van der Waals surface area contributed by atoms with Crippen molar-refractivity contribution in [2.24, 2.45) is 0 Å². The molecule has 0 saturated carbocycles. The van der Waals surface area contributed by atoms with Crippen molar-refractivity contribution in [1.29, 1.82) is 0 Å². The number of carbonyl (C=O) groups is 1. The van der Waals surface area contributed by atoms with Gasteiger partial charge in [0.1, 0.15) is 17.2 Å². The van der Waals surface area contributed by atoms with Gasteiger partial charge in [0.15, 0.2) is 0 Å². The molecule has 1 rings (SSSR count). The number of anilines is 1. The zero-order chi connectivity index (χ0) is 14.4. The smallest absolute Gasteiger partial charge is 0.339 e. The van der Waals surface area contributed by atoms with Crippen LogP contribution in [0.4, 0.5) is 10.2 Å². The topological polar surface area (TPSA) is 62.7 Å². The van der Waals surface area contributed by atoms with Crippen LogP contribution in [0.5, 0.6) is 0 Å². The van der Waals surface area contributed by atoms with Crippen LogP contribution in [0.15, 0.2) is 12.3 Å². The average molecular weight is 270 g/mol. The molecule has 0 aliphatic heterocycles. The van der Waals surface area contributed by atoms with E-state index in [9.17, 15) is 9.18 Å². The highest BCUT2D eigenvalue weighted by Gasteiger charge is 2.21. The van der Waals surface area contributed by atoms with E-state index in [1.807, 2.05) is 18.7 Å². The molecule has 0 radical (unpaired) electrons. The second-order valence-electron chi connectivity index (χ2n) is 4.27. The maximum absolute atomic E-state index is 13.1. The lowest BCUT2D eigenvalue weighted by molar-refractivity contribution is 0.0696. The standard InChI is InChI=1S/C13H19FN2O3/c1-4-9(2)16(5-6-19-3)12-11(13(17)18)7-10(14)8-15-12/h7-9H,4-6H2,1-3H3,(H,17,18). The first-order chi connectivity index (χ1) is 9.01. The molecule has 1 unspecified atom stereocenters. The van der Waals surface area contributed by atoms with Crippen LogP contribution >= 0.6 is 0 Å². The Bertz CT molecular complexity index is 440. The van der Waals surface area contributed by atoms with Crippen LogP contribution in [0.1, 0.15) is 30.6 Å². The molecule has 0 aliphatic rings. The molecule has 0 aromatic carbocycles. The summed E-state index contributed by atoms with van der Waals surface area (Å²) in [6, 6.07) is 1.08. The summed E-state index contributed by atoms with van der Waals surface area (Å²) in [5.74, 6) is -1.56. The van der Waals surface area contributed by atoms with Gasteiger partial charge in [0.2, 0.25) is 0 Å². The first-order valence-electron chi connectivity index (χ1n) is 6.15. The van der Waals surface area contributed by atoms with Crippen molar-refractivity contribution < 1.29 is 19.0 Å². The Morgan fingerprint density at radius 3 is 2.84 bits per heavy atom. The minimum absolute atomic E-state index is 0.0891. The minimum Gasteiger partial charge on any atom is -0.478 e. The van der Waals surface area contributed by atoms with Crippen molar-refractivity contribution in [2.45, 2.75) is 26.3 Å². The van der Waals surface area contributed by atoms with Gasteiger partial charge in [-0.1, -0.05) is 6.92 Å². The number of pyridine rings is 1. The SMILES string of the molecule is CCC(C)N(CCOC)c1ncc(F)cc1C(=O)O. The van der Waals surface area contributed by atoms with Crippen LogP contribution in [0.25, 0.3) is 0 Å². The first-order valence-corrected chi connectivity index (χ1v) is 6.15. The number of aromatic carboxylic acids is 1. The highest BCUT2D eigenvalue weighted by Crippen LogP contribution is 2.21. The summed E-state index contributed by atoms with van der Waals surface area (Å²) in [6.07, 6.45) is 1.85. The van der Waals surface area contributed by atoms with Gasteiger partial charge in [0.05, 0.1) is 12.8 Å². The lowest BCUT2D eigenvalue weighted by atomic mass is 10.1. The van der Waals surface area contributed by atoms with Crippen molar-refractivity contribution in [3.8, 4) is 0 Å². The van der Waals surface area contributed by atoms with E-state index in [1.165, 1.54) is 0 Å². The highest BCUT2D eigenvalue weighted by molar-refractivity contribution is 5.93. The Balaban J connectivity index is 3.17. The van der Waals surface area contributed by atoms with Crippen LogP contribution in [0, 0.1) is 5.82 Å². The fourth-order valence-corrected chi connectivity index (χ4v) is 1.76. The molecule has 0 spiro atoms. The van der Waals surface area contributed by atoms with Crippen LogP contribution in [0.2, 0.25) is 0 Å². The summed E-state index contributed by atoms with van der Waals surface area (Å²) in [7, 11) is 1.57. The van der Waals surface area contributed by atoms with Gasteiger partial charge < -0.3 is 14.7 Å². The summed E-state index contributed by atoms with van der Waals surface area (Å²) in [6.45, 7) is 4.91. The Hall–Kier alpha value is -1.69. The summed E-state index contributed by atoms with van der Waals surface area (Å²) < 4.78 is 18.2. The van der Waals surface area contributed by atoms with Gasteiger partial charge in [-0.3, -0.25) is 0 Å². The minimum atomic E-state index is -1.19. The zero-order valence-electron chi connectivity index (χ0n) is 11.4.